The molecule has 0 unspecified atom stereocenters. The molecule has 0 spiro atoms. The molecule has 9 nitrogen and oxygen atoms in total. The molecule has 0 amide bonds. The molecular weight excluding hydrogens is 434 g/mol. The highest BCUT2D eigenvalue weighted by Crippen LogP contribution is 2.19. The van der Waals surface area contributed by atoms with Crippen LogP contribution in [0.1, 0.15) is 28.3 Å². The highest BCUT2D eigenvalue weighted by molar-refractivity contribution is 7.98. The molecule has 0 radical (unpaired) electrons. The van der Waals surface area contributed by atoms with Crippen LogP contribution in [-0.4, -0.2) is 44.8 Å². The number of hydrogen-bond donors (Lipinski definition) is 0. The number of benzene rings is 2. The summed E-state index contributed by atoms with van der Waals surface area (Å²) in [6, 6.07) is 20.4. The summed E-state index contributed by atoms with van der Waals surface area (Å²) in [5.74, 6) is 1.49. The summed E-state index contributed by atoms with van der Waals surface area (Å²) in [5.41, 5.74) is 4.12. The molecule has 3 aromatic heterocycles. The second kappa shape index (κ2) is 9.78. The number of aromatic nitrogens is 9. The maximum Gasteiger partial charge on any atom is 0.209 e. The van der Waals surface area contributed by atoms with Crippen molar-refractivity contribution >= 4 is 11.8 Å². The van der Waals surface area contributed by atoms with E-state index in [1.807, 2.05) is 69.8 Å². The molecule has 33 heavy (non-hydrogen) atoms. The van der Waals surface area contributed by atoms with Crippen molar-refractivity contribution < 1.29 is 0 Å². The lowest BCUT2D eigenvalue weighted by atomic mass is 10.2. The Labute approximate surface area is 195 Å². The minimum atomic E-state index is 0.529. The molecule has 0 saturated carbocycles. The molecule has 10 heteroatoms. The fraction of sp³-hybridized carbons (Fsp3) is 0.217. The van der Waals surface area contributed by atoms with Crippen molar-refractivity contribution in [3.8, 4) is 0 Å². The van der Waals surface area contributed by atoms with Crippen LogP contribution in [0.2, 0.25) is 0 Å². The van der Waals surface area contributed by atoms with Gasteiger partial charge >= 0.3 is 0 Å². The van der Waals surface area contributed by atoms with Gasteiger partial charge in [-0.25, -0.2) is 19.0 Å². The van der Waals surface area contributed by atoms with Crippen LogP contribution in [0.4, 0.5) is 0 Å². The summed E-state index contributed by atoms with van der Waals surface area (Å²) in [6.45, 7) is 3.87. The number of rotatable bonds is 9. The first-order valence-corrected chi connectivity index (χ1v) is 11.6. The highest BCUT2D eigenvalue weighted by Gasteiger charge is 2.11. The van der Waals surface area contributed by atoms with Crippen LogP contribution in [0.25, 0.3) is 0 Å². The normalized spacial score (nSPS) is 11.2. The monoisotopic (exact) mass is 457 g/mol. The Kier molecular flexibility index (Phi) is 6.25. The zero-order valence-electron chi connectivity index (χ0n) is 18.2. The minimum Gasteiger partial charge on any atom is -0.248 e. The fourth-order valence-corrected chi connectivity index (χ4v) is 4.17. The van der Waals surface area contributed by atoms with Gasteiger partial charge in [0.2, 0.25) is 5.16 Å². The Balaban J connectivity index is 1.17. The average molecular weight is 458 g/mol. The Morgan fingerprint density at radius 1 is 0.727 bits per heavy atom. The molecule has 0 aliphatic heterocycles. The van der Waals surface area contributed by atoms with E-state index in [9.17, 15) is 0 Å². The van der Waals surface area contributed by atoms with Crippen molar-refractivity contribution in [1.82, 2.24) is 44.8 Å². The molecule has 5 rings (SSSR count). The summed E-state index contributed by atoms with van der Waals surface area (Å²) in [6.07, 6.45) is 3.92. The lowest BCUT2D eigenvalue weighted by Crippen LogP contribution is -2.04. The van der Waals surface area contributed by atoms with Gasteiger partial charge in [-0.2, -0.15) is 0 Å². The van der Waals surface area contributed by atoms with Crippen LogP contribution in [0, 0.1) is 6.92 Å². The van der Waals surface area contributed by atoms with E-state index >= 15 is 0 Å². The van der Waals surface area contributed by atoms with Crippen molar-refractivity contribution in [2.24, 2.45) is 0 Å². The average Bonchev–Trinajstić information content (AvgIpc) is 3.55. The summed E-state index contributed by atoms with van der Waals surface area (Å²) < 4.78 is 5.54. The molecule has 0 N–H and O–H groups in total. The van der Waals surface area contributed by atoms with E-state index in [1.165, 1.54) is 11.1 Å². The van der Waals surface area contributed by atoms with Gasteiger partial charge in [-0.05, 0) is 18.1 Å². The fourth-order valence-electron chi connectivity index (χ4n) is 3.41. The highest BCUT2D eigenvalue weighted by atomic mass is 32.2. The van der Waals surface area contributed by atoms with Gasteiger partial charge in [0.15, 0.2) is 0 Å². The van der Waals surface area contributed by atoms with Crippen LogP contribution < -0.4 is 0 Å². The summed E-state index contributed by atoms with van der Waals surface area (Å²) in [4.78, 5) is 4.58. The minimum absolute atomic E-state index is 0.529. The van der Waals surface area contributed by atoms with Gasteiger partial charge in [-0.15, -0.1) is 15.3 Å². The zero-order valence-corrected chi connectivity index (χ0v) is 19.0. The Morgan fingerprint density at radius 3 is 1.94 bits per heavy atom. The number of thioether (sulfide) groups is 1. The third-order valence-electron chi connectivity index (χ3n) is 5.05. The van der Waals surface area contributed by atoms with Gasteiger partial charge in [-0.1, -0.05) is 82.9 Å². The van der Waals surface area contributed by atoms with Crippen LogP contribution in [0.15, 0.2) is 78.2 Å². The van der Waals surface area contributed by atoms with Gasteiger partial charge < -0.3 is 0 Å². The predicted octanol–water partition coefficient (Wildman–Crippen LogP) is 3.21. The van der Waals surface area contributed by atoms with Gasteiger partial charge in [0.1, 0.15) is 11.5 Å². The van der Waals surface area contributed by atoms with Crippen LogP contribution in [0.5, 0.6) is 0 Å². The van der Waals surface area contributed by atoms with E-state index in [1.54, 1.807) is 11.8 Å². The van der Waals surface area contributed by atoms with Crippen LogP contribution in [0.3, 0.4) is 0 Å². The van der Waals surface area contributed by atoms with Crippen molar-refractivity contribution in [3.05, 3.63) is 101 Å². The molecule has 0 aliphatic rings. The van der Waals surface area contributed by atoms with E-state index in [4.69, 9.17) is 0 Å². The second-order valence-electron chi connectivity index (χ2n) is 7.67. The number of hydrogen-bond acceptors (Lipinski definition) is 7. The van der Waals surface area contributed by atoms with E-state index < -0.39 is 0 Å². The maximum atomic E-state index is 4.62. The molecule has 0 fully saturated rings. The summed E-state index contributed by atoms with van der Waals surface area (Å²) in [7, 11) is 0. The van der Waals surface area contributed by atoms with Crippen molar-refractivity contribution in [2.45, 2.75) is 37.5 Å². The quantitative estimate of drug-likeness (QED) is 0.314. The molecule has 5 aromatic rings. The third-order valence-corrected chi connectivity index (χ3v) is 5.92. The first-order valence-electron chi connectivity index (χ1n) is 10.6. The molecule has 0 aliphatic carbocycles. The lowest BCUT2D eigenvalue weighted by Gasteiger charge is -2.00. The van der Waals surface area contributed by atoms with Crippen molar-refractivity contribution in [2.75, 3.05) is 0 Å². The van der Waals surface area contributed by atoms with Gasteiger partial charge in [0, 0.05) is 11.9 Å². The smallest absolute Gasteiger partial charge is 0.209 e. The number of aryl methyl sites for hydroxylation is 1. The van der Waals surface area contributed by atoms with Crippen molar-refractivity contribution in [1.29, 1.82) is 0 Å². The lowest BCUT2D eigenvalue weighted by molar-refractivity contribution is 0.630. The number of nitrogens with zero attached hydrogens (tertiary/aromatic N) is 9. The second-order valence-corrected chi connectivity index (χ2v) is 8.62. The Morgan fingerprint density at radius 2 is 1.30 bits per heavy atom. The van der Waals surface area contributed by atoms with E-state index in [2.05, 4.69) is 55.0 Å². The van der Waals surface area contributed by atoms with E-state index in [0.29, 0.717) is 30.5 Å². The van der Waals surface area contributed by atoms with Gasteiger partial charge in [0.25, 0.3) is 0 Å². The summed E-state index contributed by atoms with van der Waals surface area (Å²) >= 11 is 1.55. The Hall–Kier alpha value is -3.79. The maximum absolute atomic E-state index is 4.62. The van der Waals surface area contributed by atoms with E-state index in [-0.39, 0.29) is 0 Å². The predicted molar refractivity (Wildman–Crippen MR) is 125 cm³/mol. The molecule has 0 atom stereocenters. The molecular formula is C23H23N9S. The SMILES string of the molecule is Cc1nc(SCc2cn(Cc3ccccc3)nn2)nn1Cc1cn(Cc2ccccc2)nn1. The molecule has 2 aromatic carbocycles. The molecule has 166 valence electrons. The first kappa shape index (κ1) is 21.1. The standard InChI is InChI=1S/C23H23N9S/c1-18-24-23(33-17-22-15-31(29-26-22)13-20-10-6-3-7-11-20)27-32(18)16-21-14-30(28-25-21)12-19-8-4-2-5-9-19/h2-11,14-15H,12-13,16-17H2,1H3. The third kappa shape index (κ3) is 5.53. The molecule has 0 bridgehead atoms. The van der Waals surface area contributed by atoms with Gasteiger partial charge in [0.05, 0.1) is 31.5 Å². The van der Waals surface area contributed by atoms with Crippen molar-refractivity contribution in [3.63, 3.8) is 0 Å². The topological polar surface area (TPSA) is 92.1 Å². The largest absolute Gasteiger partial charge is 0.248 e. The van der Waals surface area contributed by atoms with Crippen LogP contribution in [-0.2, 0) is 25.4 Å². The first-order chi connectivity index (χ1) is 16.2. The molecule has 0 saturated heterocycles. The van der Waals surface area contributed by atoms with Crippen LogP contribution >= 0.6 is 11.8 Å². The zero-order chi connectivity index (χ0) is 22.5. The summed E-state index contributed by atoms with van der Waals surface area (Å²) in [5, 5.41) is 22.3. The van der Waals surface area contributed by atoms with E-state index in [0.717, 1.165) is 17.2 Å². The molecule has 3 heterocycles. The Bertz CT molecular complexity index is 1310. The van der Waals surface area contributed by atoms with Gasteiger partial charge in [-0.3, -0.25) is 0 Å².